The number of benzene rings is 3. The first kappa shape index (κ1) is 18.2. The van der Waals surface area contributed by atoms with Gasteiger partial charge in [-0.25, -0.2) is 19.3 Å². The summed E-state index contributed by atoms with van der Waals surface area (Å²) in [7, 11) is 0. The van der Waals surface area contributed by atoms with E-state index in [9.17, 15) is 17.6 Å². The Bertz CT molecular complexity index is 1390. The van der Waals surface area contributed by atoms with Crippen LogP contribution in [0, 0.1) is 5.82 Å². The van der Waals surface area contributed by atoms with E-state index in [-0.39, 0.29) is 11.3 Å². The number of halogens is 4. The van der Waals surface area contributed by atoms with Gasteiger partial charge in [0.15, 0.2) is 11.3 Å². The van der Waals surface area contributed by atoms with Crippen molar-refractivity contribution in [1.29, 1.82) is 0 Å². The fourth-order valence-electron chi connectivity index (χ4n) is 3.32. The number of hydrogen-bond donors (Lipinski definition) is 0. The van der Waals surface area contributed by atoms with Crippen molar-refractivity contribution in [2.45, 2.75) is 6.18 Å². The molecule has 2 aromatic heterocycles. The third-order valence-corrected chi connectivity index (χ3v) is 4.70. The van der Waals surface area contributed by atoms with Gasteiger partial charge >= 0.3 is 6.18 Å². The van der Waals surface area contributed by atoms with Gasteiger partial charge in [-0.15, -0.1) is 0 Å². The molecule has 0 atom stereocenters. The number of imidazole rings is 1. The second kappa shape index (κ2) is 6.62. The molecule has 0 bridgehead atoms. The number of aromatic nitrogens is 4. The van der Waals surface area contributed by atoms with E-state index in [0.717, 1.165) is 12.1 Å². The fraction of sp³-hybridized carbons (Fsp3) is 0.0455. The molecule has 4 nitrogen and oxygen atoms in total. The van der Waals surface area contributed by atoms with E-state index < -0.39 is 17.6 Å². The van der Waals surface area contributed by atoms with Crippen molar-refractivity contribution < 1.29 is 17.6 Å². The second-order valence-electron chi connectivity index (χ2n) is 6.69. The molecule has 0 radical (unpaired) electrons. The Morgan fingerprint density at radius 1 is 0.733 bits per heavy atom. The molecule has 0 fully saturated rings. The standard InChI is InChI=1S/C22H12F4N4/c23-15-10-8-13(9-11-15)20-29-19-21(28-18-7-2-1-6-17(18)27-19)30(20)16-5-3-4-14(12-16)22(24,25)26/h1-12H. The van der Waals surface area contributed by atoms with Crippen LogP contribution in [-0.4, -0.2) is 19.5 Å². The molecule has 0 aliphatic heterocycles. The molecule has 5 rings (SSSR count). The van der Waals surface area contributed by atoms with Gasteiger partial charge in [0.05, 0.1) is 16.6 Å². The molecule has 0 saturated heterocycles. The maximum absolute atomic E-state index is 13.4. The van der Waals surface area contributed by atoms with E-state index in [0.29, 0.717) is 28.1 Å². The molecule has 148 valence electrons. The summed E-state index contributed by atoms with van der Waals surface area (Å²) in [5, 5.41) is 0. The van der Waals surface area contributed by atoms with Crippen molar-refractivity contribution in [3.63, 3.8) is 0 Å². The topological polar surface area (TPSA) is 43.6 Å². The van der Waals surface area contributed by atoms with Crippen LogP contribution >= 0.6 is 0 Å². The summed E-state index contributed by atoms with van der Waals surface area (Å²) in [6, 6.07) is 17.6. The number of hydrogen-bond acceptors (Lipinski definition) is 3. The van der Waals surface area contributed by atoms with Gasteiger partial charge in [0.25, 0.3) is 0 Å². The number of fused-ring (bicyclic) bond motifs is 2. The Morgan fingerprint density at radius 2 is 1.43 bits per heavy atom. The lowest BCUT2D eigenvalue weighted by molar-refractivity contribution is -0.137. The number of rotatable bonds is 2. The van der Waals surface area contributed by atoms with Crippen LogP contribution < -0.4 is 0 Å². The molecule has 30 heavy (non-hydrogen) atoms. The quantitative estimate of drug-likeness (QED) is 0.347. The Morgan fingerprint density at radius 3 is 2.13 bits per heavy atom. The van der Waals surface area contributed by atoms with Crippen molar-refractivity contribution in [1.82, 2.24) is 19.5 Å². The van der Waals surface area contributed by atoms with Crippen LogP contribution in [0.2, 0.25) is 0 Å². The van der Waals surface area contributed by atoms with Gasteiger partial charge in [0.1, 0.15) is 11.6 Å². The predicted octanol–water partition coefficient (Wildman–Crippen LogP) is 5.79. The minimum absolute atomic E-state index is 0.233. The van der Waals surface area contributed by atoms with Crippen LogP contribution in [0.1, 0.15) is 5.56 Å². The molecule has 3 aromatic carbocycles. The van der Waals surface area contributed by atoms with E-state index in [2.05, 4.69) is 15.0 Å². The fourth-order valence-corrected chi connectivity index (χ4v) is 3.32. The average Bonchev–Trinajstić information content (AvgIpc) is 3.10. The van der Waals surface area contributed by atoms with Gasteiger partial charge in [-0.3, -0.25) is 4.57 Å². The van der Waals surface area contributed by atoms with Crippen LogP contribution in [0.5, 0.6) is 0 Å². The normalized spacial score (nSPS) is 12.0. The summed E-state index contributed by atoms with van der Waals surface area (Å²) in [6.07, 6.45) is -4.50. The van der Waals surface area contributed by atoms with Crippen molar-refractivity contribution in [2.75, 3.05) is 0 Å². The van der Waals surface area contributed by atoms with Crippen LogP contribution in [0.3, 0.4) is 0 Å². The van der Waals surface area contributed by atoms with E-state index in [4.69, 9.17) is 0 Å². The van der Waals surface area contributed by atoms with Crippen LogP contribution in [-0.2, 0) is 6.18 Å². The highest BCUT2D eigenvalue weighted by Crippen LogP contribution is 2.33. The van der Waals surface area contributed by atoms with Crippen LogP contribution in [0.4, 0.5) is 17.6 Å². The zero-order valence-corrected chi connectivity index (χ0v) is 15.2. The SMILES string of the molecule is Fc1ccc(-c2nc3nc4ccccc4nc3n2-c2cccc(C(F)(F)F)c2)cc1. The van der Waals surface area contributed by atoms with Gasteiger partial charge < -0.3 is 0 Å². The Hall–Kier alpha value is -3.81. The van der Waals surface area contributed by atoms with Crippen molar-refractivity contribution in [2.24, 2.45) is 0 Å². The third-order valence-electron chi connectivity index (χ3n) is 4.70. The Labute approximate surface area is 167 Å². The minimum Gasteiger partial charge on any atom is -0.275 e. The summed E-state index contributed by atoms with van der Waals surface area (Å²) in [6.45, 7) is 0. The maximum Gasteiger partial charge on any atom is 0.416 e. The molecule has 2 heterocycles. The lowest BCUT2D eigenvalue weighted by Crippen LogP contribution is -2.07. The van der Waals surface area contributed by atoms with Gasteiger partial charge in [-0.1, -0.05) is 18.2 Å². The first-order chi connectivity index (χ1) is 14.4. The number of para-hydroxylation sites is 2. The van der Waals surface area contributed by atoms with Gasteiger partial charge in [-0.2, -0.15) is 13.2 Å². The Kier molecular flexibility index (Phi) is 4.02. The highest BCUT2D eigenvalue weighted by Gasteiger charge is 2.31. The van der Waals surface area contributed by atoms with Crippen LogP contribution in [0.15, 0.2) is 72.8 Å². The molecular formula is C22H12F4N4. The molecule has 8 heteroatoms. The Balaban J connectivity index is 1.85. The minimum atomic E-state index is -4.50. The van der Waals surface area contributed by atoms with Crippen molar-refractivity contribution in [3.05, 3.63) is 84.2 Å². The maximum atomic E-state index is 13.4. The summed E-state index contributed by atoms with van der Waals surface area (Å²) in [4.78, 5) is 13.6. The summed E-state index contributed by atoms with van der Waals surface area (Å²) in [5.41, 5.74) is 1.76. The third kappa shape index (κ3) is 3.06. The van der Waals surface area contributed by atoms with Gasteiger partial charge in [0, 0.05) is 11.3 Å². The molecule has 0 aliphatic rings. The summed E-state index contributed by atoms with van der Waals surface area (Å²) in [5.74, 6) is -0.109. The summed E-state index contributed by atoms with van der Waals surface area (Å²) < 4.78 is 54.9. The molecule has 0 unspecified atom stereocenters. The predicted molar refractivity (Wildman–Crippen MR) is 105 cm³/mol. The van der Waals surface area contributed by atoms with E-state index in [1.807, 2.05) is 6.07 Å². The molecular weight excluding hydrogens is 396 g/mol. The smallest absolute Gasteiger partial charge is 0.275 e. The zero-order valence-electron chi connectivity index (χ0n) is 15.2. The molecule has 0 amide bonds. The van der Waals surface area contributed by atoms with E-state index >= 15 is 0 Å². The van der Waals surface area contributed by atoms with Crippen molar-refractivity contribution >= 4 is 22.3 Å². The lowest BCUT2D eigenvalue weighted by Gasteiger charge is -2.12. The summed E-state index contributed by atoms with van der Waals surface area (Å²) >= 11 is 0. The molecule has 5 aromatic rings. The van der Waals surface area contributed by atoms with Crippen LogP contribution in [0.25, 0.3) is 39.4 Å². The number of nitrogens with zero attached hydrogens (tertiary/aromatic N) is 4. The molecule has 0 saturated carbocycles. The van der Waals surface area contributed by atoms with Crippen molar-refractivity contribution in [3.8, 4) is 17.1 Å². The zero-order chi connectivity index (χ0) is 20.9. The largest absolute Gasteiger partial charge is 0.416 e. The van der Waals surface area contributed by atoms with Gasteiger partial charge in [-0.05, 0) is 54.6 Å². The number of alkyl halides is 3. The van der Waals surface area contributed by atoms with E-state index in [1.54, 1.807) is 24.3 Å². The lowest BCUT2D eigenvalue weighted by atomic mass is 10.1. The molecule has 0 N–H and O–H groups in total. The highest BCUT2D eigenvalue weighted by molar-refractivity contribution is 5.86. The molecule has 0 aliphatic carbocycles. The first-order valence-corrected chi connectivity index (χ1v) is 8.99. The van der Waals surface area contributed by atoms with E-state index in [1.165, 1.54) is 34.9 Å². The molecule has 0 spiro atoms. The first-order valence-electron chi connectivity index (χ1n) is 8.99. The van der Waals surface area contributed by atoms with Gasteiger partial charge in [0.2, 0.25) is 0 Å². The highest BCUT2D eigenvalue weighted by atomic mass is 19.4. The monoisotopic (exact) mass is 408 g/mol. The second-order valence-corrected chi connectivity index (χ2v) is 6.69. The average molecular weight is 408 g/mol.